The summed E-state index contributed by atoms with van der Waals surface area (Å²) in [6.45, 7) is 0.0917. The van der Waals surface area contributed by atoms with E-state index in [0.717, 1.165) is 0 Å². The van der Waals surface area contributed by atoms with Gasteiger partial charge >= 0.3 is 5.97 Å². The van der Waals surface area contributed by atoms with Gasteiger partial charge in [-0.25, -0.2) is 4.79 Å². The lowest BCUT2D eigenvalue weighted by Crippen LogP contribution is -2.07. The Hall–Kier alpha value is -2.01. The number of aromatic hydroxyl groups is 1. The lowest BCUT2D eigenvalue weighted by Gasteiger charge is -2.08. The molecule has 0 spiro atoms. The van der Waals surface area contributed by atoms with Gasteiger partial charge in [-0.15, -0.1) is 0 Å². The van der Waals surface area contributed by atoms with E-state index in [2.05, 4.69) is 15.9 Å². The van der Waals surface area contributed by atoms with E-state index in [1.807, 2.05) is 0 Å². The topological polar surface area (TPSA) is 72.6 Å². The van der Waals surface area contributed by atoms with Gasteiger partial charge in [0.15, 0.2) is 0 Å². The van der Waals surface area contributed by atoms with E-state index in [1.54, 1.807) is 42.5 Å². The lowest BCUT2D eigenvalue weighted by atomic mass is 10.2. The summed E-state index contributed by atoms with van der Waals surface area (Å²) in [5.41, 5.74) is 7.27. The fraction of sp³-hybridized carbons (Fsp3) is 0.0714. The molecule has 0 radical (unpaired) electrons. The fourth-order valence-electron chi connectivity index (χ4n) is 1.58. The van der Waals surface area contributed by atoms with Crippen LogP contribution in [0.1, 0.15) is 15.9 Å². The highest BCUT2D eigenvalue weighted by atomic mass is 79.9. The molecule has 5 heteroatoms. The Kier molecular flexibility index (Phi) is 4.06. The molecule has 0 heterocycles. The second-order valence-corrected chi connectivity index (χ2v) is 4.75. The molecule has 98 valence electrons. The van der Waals surface area contributed by atoms with Crippen molar-refractivity contribution >= 4 is 27.6 Å². The Morgan fingerprint density at radius 1 is 1.26 bits per heavy atom. The minimum absolute atomic E-state index is 0.0917. The van der Waals surface area contributed by atoms with Crippen LogP contribution in [0.15, 0.2) is 46.9 Å². The van der Waals surface area contributed by atoms with Crippen molar-refractivity contribution in [3.63, 3.8) is 0 Å². The zero-order valence-corrected chi connectivity index (χ0v) is 11.6. The first kappa shape index (κ1) is 13.4. The van der Waals surface area contributed by atoms with E-state index in [-0.39, 0.29) is 12.4 Å². The zero-order chi connectivity index (χ0) is 13.8. The van der Waals surface area contributed by atoms with Gasteiger partial charge in [-0.1, -0.05) is 18.2 Å². The summed E-state index contributed by atoms with van der Waals surface area (Å²) in [5, 5.41) is 9.31. The fourth-order valence-corrected chi connectivity index (χ4v) is 2.01. The third-order valence-corrected chi connectivity index (χ3v) is 3.41. The van der Waals surface area contributed by atoms with Gasteiger partial charge < -0.3 is 15.6 Å². The van der Waals surface area contributed by atoms with E-state index in [1.165, 1.54) is 0 Å². The Bertz CT molecular complexity index is 613. The number of carbonyl (C=O) groups excluding carboxylic acids is 1. The van der Waals surface area contributed by atoms with Crippen molar-refractivity contribution in [2.24, 2.45) is 0 Å². The molecule has 0 aliphatic heterocycles. The normalized spacial score (nSPS) is 10.2. The molecule has 2 aromatic carbocycles. The molecule has 2 aromatic rings. The number of ether oxygens (including phenoxy) is 1. The molecule has 0 aromatic heterocycles. The van der Waals surface area contributed by atoms with Gasteiger partial charge in [0.1, 0.15) is 12.4 Å². The van der Waals surface area contributed by atoms with E-state index >= 15 is 0 Å². The molecule has 0 saturated carbocycles. The van der Waals surface area contributed by atoms with Gasteiger partial charge in [-0.2, -0.15) is 0 Å². The van der Waals surface area contributed by atoms with Crippen LogP contribution < -0.4 is 5.73 Å². The maximum absolute atomic E-state index is 11.9. The summed E-state index contributed by atoms with van der Waals surface area (Å²) in [6, 6.07) is 11.6. The van der Waals surface area contributed by atoms with Gasteiger partial charge in [0.25, 0.3) is 0 Å². The van der Waals surface area contributed by atoms with Crippen LogP contribution >= 0.6 is 15.9 Å². The van der Waals surface area contributed by atoms with Crippen molar-refractivity contribution in [2.45, 2.75) is 6.61 Å². The van der Waals surface area contributed by atoms with Crippen LogP contribution in [-0.4, -0.2) is 11.1 Å². The number of hydrogen-bond acceptors (Lipinski definition) is 4. The predicted molar refractivity (Wildman–Crippen MR) is 75.8 cm³/mol. The van der Waals surface area contributed by atoms with Crippen LogP contribution in [0.3, 0.4) is 0 Å². The van der Waals surface area contributed by atoms with Gasteiger partial charge in [0.05, 0.1) is 10.0 Å². The van der Waals surface area contributed by atoms with Crippen molar-refractivity contribution in [2.75, 3.05) is 5.73 Å². The number of esters is 1. The molecule has 0 aliphatic carbocycles. The largest absolute Gasteiger partial charge is 0.508 e. The molecule has 0 aliphatic rings. The molecule has 0 saturated heterocycles. The maximum Gasteiger partial charge on any atom is 0.339 e. The highest BCUT2D eigenvalue weighted by Gasteiger charge is 2.13. The van der Waals surface area contributed by atoms with E-state index in [0.29, 0.717) is 21.3 Å². The highest BCUT2D eigenvalue weighted by Crippen LogP contribution is 2.24. The van der Waals surface area contributed by atoms with Crippen molar-refractivity contribution < 1.29 is 14.6 Å². The molecule has 0 atom stereocenters. The molecule has 0 unspecified atom stereocenters. The predicted octanol–water partition coefficient (Wildman–Crippen LogP) is 3.09. The monoisotopic (exact) mass is 321 g/mol. The zero-order valence-electron chi connectivity index (χ0n) is 9.97. The van der Waals surface area contributed by atoms with E-state index in [4.69, 9.17) is 10.5 Å². The van der Waals surface area contributed by atoms with E-state index in [9.17, 15) is 9.90 Å². The number of nitrogen functional groups attached to an aromatic ring is 1. The minimum Gasteiger partial charge on any atom is -0.508 e. The van der Waals surface area contributed by atoms with Gasteiger partial charge in [-0.3, -0.25) is 0 Å². The van der Waals surface area contributed by atoms with Crippen LogP contribution in [-0.2, 0) is 11.3 Å². The second kappa shape index (κ2) is 5.75. The Morgan fingerprint density at radius 2 is 2.00 bits per heavy atom. The first-order valence-corrected chi connectivity index (χ1v) is 6.36. The Morgan fingerprint density at radius 3 is 2.74 bits per heavy atom. The van der Waals surface area contributed by atoms with Gasteiger partial charge in [0.2, 0.25) is 0 Å². The smallest absolute Gasteiger partial charge is 0.339 e. The summed E-state index contributed by atoms with van der Waals surface area (Å²) >= 11 is 3.25. The Balaban J connectivity index is 2.08. The number of anilines is 1. The van der Waals surface area contributed by atoms with Gasteiger partial charge in [-0.05, 0) is 45.8 Å². The number of phenols is 1. The molecule has 0 amide bonds. The van der Waals surface area contributed by atoms with Crippen LogP contribution in [0.4, 0.5) is 5.69 Å². The molecule has 4 nitrogen and oxygen atoms in total. The van der Waals surface area contributed by atoms with Crippen molar-refractivity contribution in [1.82, 2.24) is 0 Å². The van der Waals surface area contributed by atoms with Crippen molar-refractivity contribution in [3.05, 3.63) is 58.1 Å². The number of benzene rings is 2. The first-order chi connectivity index (χ1) is 9.08. The lowest BCUT2D eigenvalue weighted by molar-refractivity contribution is 0.0471. The minimum atomic E-state index is -0.470. The van der Waals surface area contributed by atoms with Crippen LogP contribution in [0.25, 0.3) is 0 Å². The number of nitrogens with two attached hydrogens (primary N) is 1. The van der Waals surface area contributed by atoms with Crippen molar-refractivity contribution in [1.29, 1.82) is 0 Å². The molecule has 0 bridgehead atoms. The molecule has 2 rings (SSSR count). The average molecular weight is 322 g/mol. The van der Waals surface area contributed by atoms with Crippen LogP contribution in [0, 0.1) is 0 Å². The molecular formula is C14H12BrNO3. The molecule has 0 fully saturated rings. The first-order valence-electron chi connectivity index (χ1n) is 5.57. The molecule has 3 N–H and O–H groups in total. The number of hydrogen-bond donors (Lipinski definition) is 2. The quantitative estimate of drug-likeness (QED) is 0.673. The number of halogens is 1. The summed E-state index contributed by atoms with van der Waals surface area (Å²) in [4.78, 5) is 11.9. The summed E-state index contributed by atoms with van der Waals surface area (Å²) in [7, 11) is 0. The van der Waals surface area contributed by atoms with Gasteiger partial charge in [0, 0.05) is 5.69 Å². The summed E-state index contributed by atoms with van der Waals surface area (Å²) in [6.07, 6.45) is 0. The number of carbonyl (C=O) groups is 1. The van der Waals surface area contributed by atoms with Crippen LogP contribution in [0.2, 0.25) is 0 Å². The third kappa shape index (κ3) is 3.26. The standard InChI is InChI=1S/C14H12BrNO3/c15-13-11(5-2-6-12(13)16)14(18)19-8-9-3-1-4-10(17)7-9/h1-7,17H,8,16H2. The highest BCUT2D eigenvalue weighted by molar-refractivity contribution is 9.10. The number of phenolic OH excluding ortho intramolecular Hbond substituents is 1. The summed E-state index contributed by atoms with van der Waals surface area (Å²) in [5.74, 6) is -0.332. The third-order valence-electron chi connectivity index (χ3n) is 2.53. The Labute approximate surface area is 118 Å². The number of rotatable bonds is 3. The second-order valence-electron chi connectivity index (χ2n) is 3.95. The average Bonchev–Trinajstić information content (AvgIpc) is 2.39. The van der Waals surface area contributed by atoms with Crippen LogP contribution in [0.5, 0.6) is 5.75 Å². The maximum atomic E-state index is 11.9. The molecular weight excluding hydrogens is 310 g/mol. The summed E-state index contributed by atoms with van der Waals surface area (Å²) < 4.78 is 5.69. The SMILES string of the molecule is Nc1cccc(C(=O)OCc2cccc(O)c2)c1Br. The molecule has 19 heavy (non-hydrogen) atoms. The van der Waals surface area contributed by atoms with E-state index < -0.39 is 5.97 Å². The van der Waals surface area contributed by atoms with Crippen molar-refractivity contribution in [3.8, 4) is 5.75 Å².